The zero-order chi connectivity index (χ0) is 55.2. The van der Waals surface area contributed by atoms with Gasteiger partial charge in [0, 0.05) is 64.7 Å². The van der Waals surface area contributed by atoms with E-state index in [1.807, 2.05) is 75.2 Å². The van der Waals surface area contributed by atoms with Gasteiger partial charge in [-0.05, 0) is 50.5 Å². The highest BCUT2D eigenvalue weighted by molar-refractivity contribution is 7.09. The van der Waals surface area contributed by atoms with Crippen molar-refractivity contribution < 1.29 is 61.9 Å². The normalized spacial score (nSPS) is 16.7. The molecule has 1 saturated heterocycles. The first kappa shape index (κ1) is 65.3. The second-order valence-electron chi connectivity index (χ2n) is 20.1. The number of Topliss-reactive ketones (excluding diaryl/α,β-unsaturated/α-hetero) is 1. The lowest BCUT2D eigenvalue weighted by Crippen LogP contribution is -2.55. The number of methoxy groups -OCH3 is 2. The molecule has 4 N–H and O–H groups in total. The number of thiazole rings is 1. The highest BCUT2D eigenvalue weighted by atomic mass is 32.1. The number of nitrogens with two attached hydrogens (primary N) is 1. The summed E-state index contributed by atoms with van der Waals surface area (Å²) in [4.78, 5) is 78.0. The molecule has 2 heterocycles. The Balaban J connectivity index is 1.50. The second kappa shape index (κ2) is 36.2. The number of ether oxygens (including phenoxy) is 8. The Labute approximate surface area is 451 Å². The molecule has 75 heavy (non-hydrogen) atoms. The fourth-order valence-corrected chi connectivity index (χ4v) is 10.0. The molecule has 0 bridgehead atoms. The van der Waals surface area contributed by atoms with Crippen LogP contribution in [0.3, 0.4) is 0 Å². The lowest BCUT2D eigenvalue weighted by atomic mass is 9.82. The molecule has 0 unspecified atom stereocenters. The molecule has 1 aliphatic rings. The first-order chi connectivity index (χ1) is 36.0. The third-order valence-corrected chi connectivity index (χ3v) is 14.8. The number of likely N-dealkylation sites (tertiary alicyclic amines) is 1. The number of hydrogen-bond acceptors (Lipinski definition) is 16. The highest BCUT2D eigenvalue weighted by Crippen LogP contribution is 2.32. The van der Waals surface area contributed by atoms with Crippen LogP contribution in [0.15, 0.2) is 41.9 Å². The van der Waals surface area contributed by atoms with Crippen molar-refractivity contribution in [3.63, 3.8) is 0 Å². The molecule has 0 radical (unpaired) electrons. The van der Waals surface area contributed by atoms with Gasteiger partial charge in [0.15, 0.2) is 5.78 Å². The minimum Gasteiger partial charge on any atom is -0.379 e. The van der Waals surface area contributed by atoms with Crippen molar-refractivity contribution in [1.82, 2.24) is 25.4 Å². The first-order valence-electron chi connectivity index (χ1n) is 26.9. The molecule has 0 spiro atoms. The summed E-state index contributed by atoms with van der Waals surface area (Å²) >= 11 is 1.49. The van der Waals surface area contributed by atoms with E-state index in [-0.39, 0.29) is 85.8 Å². The average Bonchev–Trinajstić information content (AvgIpc) is 4.12. The van der Waals surface area contributed by atoms with Crippen LogP contribution in [-0.2, 0) is 68.3 Å². The number of likely N-dealkylation sites (N-methyl/N-ethyl adjacent to an activating group) is 1. The van der Waals surface area contributed by atoms with Crippen molar-refractivity contribution in [2.75, 3.05) is 114 Å². The van der Waals surface area contributed by atoms with Gasteiger partial charge in [0.2, 0.25) is 23.6 Å². The summed E-state index contributed by atoms with van der Waals surface area (Å²) in [5.41, 5.74) is 5.19. The van der Waals surface area contributed by atoms with Gasteiger partial charge < -0.3 is 64.1 Å². The van der Waals surface area contributed by atoms with Crippen molar-refractivity contribution in [1.29, 1.82) is 0 Å². The number of amides is 4. The molecule has 20 heteroatoms. The van der Waals surface area contributed by atoms with Gasteiger partial charge in [-0.1, -0.05) is 71.4 Å². The molecule has 1 aromatic heterocycles. The number of rotatable bonds is 41. The fraction of sp³-hybridized carbons (Fsp3) is 0.745. The van der Waals surface area contributed by atoms with E-state index in [1.165, 1.54) is 11.3 Å². The van der Waals surface area contributed by atoms with Crippen LogP contribution in [0.4, 0.5) is 0 Å². The Hall–Kier alpha value is -3.96. The third kappa shape index (κ3) is 22.9. The van der Waals surface area contributed by atoms with E-state index in [2.05, 4.69) is 15.6 Å². The first-order valence-corrected chi connectivity index (χ1v) is 27.7. The summed E-state index contributed by atoms with van der Waals surface area (Å²) in [7, 11) is 4.86. The van der Waals surface area contributed by atoms with Crippen LogP contribution in [0.1, 0.15) is 104 Å². The number of carbonyl (C=O) groups is 5. The van der Waals surface area contributed by atoms with Crippen molar-refractivity contribution >= 4 is 40.7 Å². The minimum absolute atomic E-state index is 0.00176. The number of ketones is 1. The van der Waals surface area contributed by atoms with E-state index in [0.29, 0.717) is 98.4 Å². The predicted molar refractivity (Wildman–Crippen MR) is 288 cm³/mol. The summed E-state index contributed by atoms with van der Waals surface area (Å²) in [5, 5.41) is 8.78. The number of nitrogens with zero attached hydrogens (tertiary/aromatic N) is 3. The average molecular weight is 1080 g/mol. The molecule has 1 fully saturated rings. The van der Waals surface area contributed by atoms with E-state index in [4.69, 9.17) is 43.6 Å². The molecule has 426 valence electrons. The summed E-state index contributed by atoms with van der Waals surface area (Å²) in [5.74, 6) is -2.79. The maximum atomic E-state index is 14.6. The number of carbonyl (C=O) groups excluding carboxylic acids is 5. The molecule has 0 aliphatic carbocycles. The molecular formula is C55H92N6O13S. The van der Waals surface area contributed by atoms with Crippen LogP contribution >= 0.6 is 11.3 Å². The van der Waals surface area contributed by atoms with E-state index >= 15 is 0 Å². The molecule has 1 aliphatic heterocycles. The van der Waals surface area contributed by atoms with E-state index in [1.54, 1.807) is 46.2 Å². The Kier molecular flexibility index (Phi) is 31.5. The summed E-state index contributed by atoms with van der Waals surface area (Å²) in [6, 6.07) is 8.77. The molecule has 0 saturated carbocycles. The van der Waals surface area contributed by atoms with Gasteiger partial charge in [-0.15, -0.1) is 11.3 Å². The molecule has 4 amide bonds. The monoisotopic (exact) mass is 1080 g/mol. The zero-order valence-electron chi connectivity index (χ0n) is 46.7. The fourth-order valence-electron chi connectivity index (χ4n) is 9.32. The van der Waals surface area contributed by atoms with Crippen LogP contribution < -0.4 is 16.4 Å². The lowest BCUT2D eigenvalue weighted by Gasteiger charge is -2.41. The molecule has 8 atom stereocenters. The van der Waals surface area contributed by atoms with Crippen LogP contribution in [-0.4, -0.2) is 188 Å². The smallest absolute Gasteiger partial charge is 0.226 e. The second-order valence-corrected chi connectivity index (χ2v) is 21.0. The van der Waals surface area contributed by atoms with Crippen LogP contribution in [0, 0.1) is 23.7 Å². The van der Waals surface area contributed by atoms with Crippen LogP contribution in [0.2, 0.25) is 0 Å². The molecule has 1 aromatic carbocycles. The van der Waals surface area contributed by atoms with Gasteiger partial charge in [0.1, 0.15) is 5.01 Å². The van der Waals surface area contributed by atoms with Crippen LogP contribution in [0.5, 0.6) is 0 Å². The third-order valence-electron chi connectivity index (χ3n) is 13.9. The van der Waals surface area contributed by atoms with E-state index in [0.717, 1.165) is 17.0 Å². The predicted octanol–water partition coefficient (Wildman–Crippen LogP) is 5.04. The highest BCUT2D eigenvalue weighted by Gasteiger charge is 2.44. The van der Waals surface area contributed by atoms with Gasteiger partial charge in [-0.25, -0.2) is 4.98 Å². The quantitative estimate of drug-likeness (QED) is 0.0742. The lowest BCUT2D eigenvalue weighted by molar-refractivity contribution is -0.149. The van der Waals surface area contributed by atoms with Crippen LogP contribution in [0.25, 0.3) is 0 Å². The Morgan fingerprint density at radius 2 is 1.40 bits per heavy atom. The van der Waals surface area contributed by atoms with Gasteiger partial charge in [0.25, 0.3) is 0 Å². The van der Waals surface area contributed by atoms with Gasteiger partial charge in [-0.3, -0.25) is 24.0 Å². The minimum atomic E-state index is -1.25. The maximum absolute atomic E-state index is 14.6. The molecule has 19 nitrogen and oxygen atoms in total. The number of nitrogens with one attached hydrogen (secondary N) is 2. The van der Waals surface area contributed by atoms with Crippen molar-refractivity contribution in [2.24, 2.45) is 29.4 Å². The number of benzene rings is 1. The summed E-state index contributed by atoms with van der Waals surface area (Å²) in [6.07, 6.45) is 3.11. The maximum Gasteiger partial charge on any atom is 0.226 e. The number of hydrogen-bond donors (Lipinski definition) is 3. The topological polar surface area (TPSA) is 229 Å². The summed E-state index contributed by atoms with van der Waals surface area (Å²) in [6.45, 7) is 18.9. The summed E-state index contributed by atoms with van der Waals surface area (Å²) < 4.78 is 44.9. The Morgan fingerprint density at radius 3 is 1.91 bits per heavy atom. The van der Waals surface area contributed by atoms with E-state index in [9.17, 15) is 24.0 Å². The van der Waals surface area contributed by atoms with Gasteiger partial charge in [0.05, 0.1) is 127 Å². The largest absolute Gasteiger partial charge is 0.379 e. The van der Waals surface area contributed by atoms with Crippen molar-refractivity contribution in [3.8, 4) is 0 Å². The zero-order valence-corrected chi connectivity index (χ0v) is 47.5. The van der Waals surface area contributed by atoms with Gasteiger partial charge >= 0.3 is 0 Å². The Bertz CT molecular complexity index is 1910. The molecule has 3 rings (SSSR count). The SMILES string of the molecule is CC[C@H](C)[C@@H]([C@@H](CC(=O)N1CCC[C@H]1[C@H](OC)[C@@H](C)C(=O)N[C@@H](Cc1ccccc1)c1nccs1)OC)N(C)C(=O)[C@@H](CC(=O)C(C)(C)NC(=O)CCOCCOCCOCCOCCOCCOCCN)C(C)C. The van der Waals surface area contributed by atoms with Gasteiger partial charge in [-0.2, -0.15) is 0 Å². The van der Waals surface area contributed by atoms with Crippen molar-refractivity contribution in [2.45, 2.75) is 129 Å². The molecule has 2 aromatic rings. The van der Waals surface area contributed by atoms with E-state index < -0.39 is 35.6 Å². The number of aromatic nitrogens is 1. The Morgan fingerprint density at radius 1 is 0.827 bits per heavy atom. The standard InChI is InChI=1S/C55H92N6O13S/c1-11-40(4)50(46(67-9)38-49(64)61-22-15-18-45(61)51(68-10)41(5)52(65)58-44(53-57-21-35-75-53)36-42-16-13-12-14-17-42)60(8)54(66)43(39(2)3)37-47(62)55(6,7)59-48(63)19-23-69-25-27-71-29-31-73-33-34-74-32-30-72-28-26-70-24-20-56/h12-14,16-17,21,35,39-41,43-46,50-51H,11,15,18-20,22-34,36-38,56H2,1-10H3,(H,58,65)(H,59,63)/t40-,41+,43-,44-,45-,46+,50-,51+/m0/s1. The molecular weight excluding hydrogens is 985 g/mol. The van der Waals surface area contributed by atoms with Crippen molar-refractivity contribution in [3.05, 3.63) is 52.5 Å².